The average Bonchev–Trinajstić information content (AvgIpc) is 2.50. The molecule has 0 aromatic carbocycles. The van der Waals surface area contributed by atoms with E-state index in [2.05, 4.69) is 25.7 Å². The van der Waals surface area contributed by atoms with E-state index in [4.69, 9.17) is 0 Å². The number of nitrogens with zero attached hydrogens (tertiary/aromatic N) is 1. The number of carbonyl (C=O) groups excluding carboxylic acids is 1. The van der Waals surface area contributed by atoms with Gasteiger partial charge in [-0.3, -0.25) is 4.79 Å². The zero-order valence-corrected chi connectivity index (χ0v) is 10.6. The largest absolute Gasteiger partial charge is 0.338 e. The molecule has 0 aromatic rings. The number of piperidine rings is 1. The minimum absolute atomic E-state index is 0.142. The van der Waals surface area contributed by atoms with Crippen LogP contribution in [-0.4, -0.2) is 23.4 Å². The maximum Gasteiger partial charge on any atom is 0.225 e. The molecule has 1 amide bonds. The topological polar surface area (TPSA) is 20.3 Å². The third-order valence-electron chi connectivity index (χ3n) is 4.18. The lowest BCUT2D eigenvalue weighted by atomic mass is 9.79. The fraction of sp³-hybridized carbons (Fsp3) is 0.923. The van der Waals surface area contributed by atoms with Crippen LogP contribution in [0.25, 0.3) is 0 Å². The molecule has 2 aliphatic rings. The van der Waals surface area contributed by atoms with E-state index in [0.29, 0.717) is 22.8 Å². The minimum Gasteiger partial charge on any atom is -0.338 e. The van der Waals surface area contributed by atoms with Crippen LogP contribution in [0.5, 0.6) is 0 Å². The molecular weight excluding hydrogens is 186 g/mol. The molecule has 0 aromatic heterocycles. The summed E-state index contributed by atoms with van der Waals surface area (Å²) in [5, 5.41) is 0. The van der Waals surface area contributed by atoms with Gasteiger partial charge < -0.3 is 4.90 Å². The van der Waals surface area contributed by atoms with Crippen LogP contribution >= 0.6 is 0 Å². The van der Waals surface area contributed by atoms with E-state index in [9.17, 15) is 4.79 Å². The third kappa shape index (κ3) is 1.58. The van der Waals surface area contributed by atoms with Crippen LogP contribution in [0.2, 0.25) is 0 Å². The Morgan fingerprint density at radius 3 is 2.33 bits per heavy atom. The molecule has 86 valence electrons. The summed E-state index contributed by atoms with van der Waals surface area (Å²) in [6.07, 6.45) is 2.48. The number of rotatable bonds is 1. The second kappa shape index (κ2) is 2.99. The molecule has 2 bridgehead atoms. The number of amides is 1. The van der Waals surface area contributed by atoms with Crippen molar-refractivity contribution in [2.24, 2.45) is 16.7 Å². The molecule has 1 aliphatic heterocycles. The Morgan fingerprint density at radius 2 is 1.93 bits per heavy atom. The highest BCUT2D eigenvalue weighted by molar-refractivity contribution is 5.79. The lowest BCUT2D eigenvalue weighted by Crippen LogP contribution is -2.48. The van der Waals surface area contributed by atoms with E-state index in [-0.39, 0.29) is 5.92 Å². The minimum atomic E-state index is 0.142. The van der Waals surface area contributed by atoms with Gasteiger partial charge in [-0.15, -0.1) is 0 Å². The summed E-state index contributed by atoms with van der Waals surface area (Å²) in [7, 11) is 0. The van der Waals surface area contributed by atoms with Gasteiger partial charge >= 0.3 is 0 Å². The fourth-order valence-corrected chi connectivity index (χ4v) is 3.77. The molecule has 0 unspecified atom stereocenters. The third-order valence-corrected chi connectivity index (χ3v) is 4.18. The van der Waals surface area contributed by atoms with Gasteiger partial charge in [0, 0.05) is 18.5 Å². The highest BCUT2D eigenvalue weighted by Crippen LogP contribution is 2.56. The van der Waals surface area contributed by atoms with Crippen molar-refractivity contribution in [3.63, 3.8) is 0 Å². The van der Waals surface area contributed by atoms with Crippen LogP contribution < -0.4 is 0 Å². The van der Waals surface area contributed by atoms with Crippen LogP contribution in [0.1, 0.15) is 47.5 Å². The van der Waals surface area contributed by atoms with E-state index in [1.807, 2.05) is 13.8 Å². The molecule has 2 atom stereocenters. The molecule has 0 N–H and O–H groups in total. The van der Waals surface area contributed by atoms with Gasteiger partial charge in [-0.25, -0.2) is 0 Å². The molecule has 1 aliphatic carbocycles. The number of hydrogen-bond acceptors (Lipinski definition) is 1. The Kier molecular flexibility index (Phi) is 2.19. The first-order valence-corrected chi connectivity index (χ1v) is 6.06. The van der Waals surface area contributed by atoms with Crippen molar-refractivity contribution in [3.8, 4) is 0 Å². The number of hydrogen-bond donors (Lipinski definition) is 0. The Hall–Kier alpha value is -0.530. The Bertz CT molecular complexity index is 292. The summed E-state index contributed by atoms with van der Waals surface area (Å²) in [5.74, 6) is 0.486. The van der Waals surface area contributed by atoms with Crippen LogP contribution in [0.4, 0.5) is 0 Å². The van der Waals surface area contributed by atoms with Crippen molar-refractivity contribution in [2.45, 2.75) is 53.5 Å². The summed E-state index contributed by atoms with van der Waals surface area (Å²) >= 11 is 0. The van der Waals surface area contributed by atoms with E-state index in [1.165, 1.54) is 12.8 Å². The van der Waals surface area contributed by atoms with Crippen molar-refractivity contribution in [3.05, 3.63) is 0 Å². The molecule has 0 radical (unpaired) electrons. The monoisotopic (exact) mass is 209 g/mol. The van der Waals surface area contributed by atoms with Crippen LogP contribution in [-0.2, 0) is 4.79 Å². The predicted octanol–water partition coefficient (Wildman–Crippen LogP) is 2.68. The lowest BCUT2D eigenvalue weighted by molar-refractivity contribution is -0.139. The quantitative estimate of drug-likeness (QED) is 0.650. The lowest BCUT2D eigenvalue weighted by Gasteiger charge is -2.41. The summed E-state index contributed by atoms with van der Waals surface area (Å²) in [5.41, 5.74) is 0.705. The molecule has 2 rings (SSSR count). The Labute approximate surface area is 93.0 Å². The summed E-state index contributed by atoms with van der Waals surface area (Å²) in [4.78, 5) is 14.2. The highest BCUT2D eigenvalue weighted by atomic mass is 16.2. The predicted molar refractivity (Wildman–Crippen MR) is 61.5 cm³/mol. The molecule has 2 nitrogen and oxygen atoms in total. The second-order valence-electron chi connectivity index (χ2n) is 6.82. The van der Waals surface area contributed by atoms with Gasteiger partial charge in [0.1, 0.15) is 0 Å². The van der Waals surface area contributed by atoms with Gasteiger partial charge in [-0.1, -0.05) is 34.6 Å². The van der Waals surface area contributed by atoms with Crippen LogP contribution in [0, 0.1) is 16.7 Å². The number of likely N-dealkylation sites (tertiary alicyclic amines) is 1. The fourth-order valence-electron chi connectivity index (χ4n) is 3.77. The first-order chi connectivity index (χ1) is 6.75. The van der Waals surface area contributed by atoms with Crippen molar-refractivity contribution >= 4 is 5.91 Å². The standard InChI is InChI=1S/C13H23NO/c1-9(2)11(15)14-8-13(5)6-10(14)12(3,4)7-13/h9-10H,6-8H2,1-5H3/t10-,13-/m0/s1. The molecule has 0 spiro atoms. The smallest absolute Gasteiger partial charge is 0.225 e. The number of fused-ring (bicyclic) bond motifs is 2. The first kappa shape index (κ1) is 11.0. The Morgan fingerprint density at radius 1 is 1.33 bits per heavy atom. The van der Waals surface area contributed by atoms with Gasteiger partial charge in [0.25, 0.3) is 0 Å². The van der Waals surface area contributed by atoms with Crippen molar-refractivity contribution < 1.29 is 4.79 Å². The van der Waals surface area contributed by atoms with E-state index in [1.54, 1.807) is 0 Å². The van der Waals surface area contributed by atoms with E-state index < -0.39 is 0 Å². The summed E-state index contributed by atoms with van der Waals surface area (Å²) < 4.78 is 0. The van der Waals surface area contributed by atoms with E-state index in [0.717, 1.165) is 6.54 Å². The van der Waals surface area contributed by atoms with Gasteiger partial charge in [0.15, 0.2) is 0 Å². The molecule has 2 heteroatoms. The second-order valence-corrected chi connectivity index (χ2v) is 6.82. The zero-order valence-electron chi connectivity index (χ0n) is 10.6. The summed E-state index contributed by atoms with van der Waals surface area (Å²) in [6.45, 7) is 11.9. The molecule has 15 heavy (non-hydrogen) atoms. The van der Waals surface area contributed by atoms with Crippen LogP contribution in [0.15, 0.2) is 0 Å². The van der Waals surface area contributed by atoms with Gasteiger partial charge in [0.05, 0.1) is 0 Å². The molecule has 2 fully saturated rings. The van der Waals surface area contributed by atoms with E-state index >= 15 is 0 Å². The maximum absolute atomic E-state index is 12.1. The zero-order chi connectivity index (χ0) is 11.4. The summed E-state index contributed by atoms with van der Waals surface area (Å²) in [6, 6.07) is 0.484. The first-order valence-electron chi connectivity index (χ1n) is 6.06. The Balaban J connectivity index is 2.22. The van der Waals surface area contributed by atoms with Crippen molar-refractivity contribution in [1.82, 2.24) is 4.90 Å². The van der Waals surface area contributed by atoms with Gasteiger partial charge in [0.2, 0.25) is 5.91 Å². The van der Waals surface area contributed by atoms with Crippen LogP contribution in [0.3, 0.4) is 0 Å². The molecule has 1 saturated heterocycles. The maximum atomic E-state index is 12.1. The highest BCUT2D eigenvalue weighted by Gasteiger charge is 2.57. The normalized spacial score (nSPS) is 37.7. The average molecular weight is 209 g/mol. The molecule has 1 heterocycles. The molecule has 1 saturated carbocycles. The van der Waals surface area contributed by atoms with Crippen molar-refractivity contribution in [2.75, 3.05) is 6.54 Å². The van der Waals surface area contributed by atoms with Gasteiger partial charge in [-0.05, 0) is 23.7 Å². The number of carbonyl (C=O) groups is 1. The SMILES string of the molecule is CC(C)C(=O)N1C[C@@]2(C)C[C@H]1C(C)(C)C2. The van der Waals surface area contributed by atoms with Gasteiger partial charge in [-0.2, -0.15) is 0 Å². The molecular formula is C13H23NO. The van der Waals surface area contributed by atoms with Crippen molar-refractivity contribution in [1.29, 1.82) is 0 Å².